The van der Waals surface area contributed by atoms with Crippen molar-refractivity contribution in [1.29, 1.82) is 0 Å². The van der Waals surface area contributed by atoms with E-state index in [0.717, 1.165) is 28.1 Å². The lowest BCUT2D eigenvalue weighted by atomic mass is 10.0. The molecular formula is C37H36N10O3S. The summed E-state index contributed by atoms with van der Waals surface area (Å²) in [6, 6.07) is 30.0. The van der Waals surface area contributed by atoms with E-state index in [1.165, 1.54) is 6.07 Å². The summed E-state index contributed by atoms with van der Waals surface area (Å²) < 4.78 is 35.2. The van der Waals surface area contributed by atoms with E-state index in [1.807, 2.05) is 85.8 Å². The number of para-hydroxylation sites is 1. The van der Waals surface area contributed by atoms with Gasteiger partial charge in [0, 0.05) is 38.3 Å². The molecule has 0 atom stereocenters. The van der Waals surface area contributed by atoms with Crippen LogP contribution in [0.25, 0.3) is 12.2 Å². The second kappa shape index (κ2) is 15.5. The molecule has 0 aliphatic heterocycles. The molecule has 0 spiro atoms. The van der Waals surface area contributed by atoms with Gasteiger partial charge in [-0.2, -0.15) is 33.3 Å². The van der Waals surface area contributed by atoms with Crippen LogP contribution < -0.4 is 21.3 Å². The highest BCUT2D eigenvalue weighted by Crippen LogP contribution is 2.25. The third kappa shape index (κ3) is 9.26. The van der Waals surface area contributed by atoms with Gasteiger partial charge in [-0.1, -0.05) is 78.9 Å². The molecule has 0 saturated heterocycles. The van der Waals surface area contributed by atoms with Crippen LogP contribution in [0.3, 0.4) is 0 Å². The van der Waals surface area contributed by atoms with Crippen LogP contribution in [0.15, 0.2) is 102 Å². The molecule has 0 aliphatic rings. The third-order valence-electron chi connectivity index (χ3n) is 7.73. The molecule has 4 aromatic carbocycles. The normalized spacial score (nSPS) is 11.4. The maximum Gasteiger partial charge on any atom is 0.295 e. The molecular weight excluding hydrogens is 665 g/mol. The van der Waals surface area contributed by atoms with E-state index in [1.54, 1.807) is 38.4 Å². The fourth-order valence-electron chi connectivity index (χ4n) is 5.25. The Bertz CT molecular complexity index is 2290. The molecule has 2 aromatic heterocycles. The first-order valence-corrected chi connectivity index (χ1v) is 17.5. The lowest BCUT2D eigenvalue weighted by Gasteiger charge is -2.11. The van der Waals surface area contributed by atoms with Crippen molar-refractivity contribution in [3.8, 4) is 0 Å². The molecule has 0 fully saturated rings. The number of nitrogens with zero attached hydrogens (tertiary/aromatic N) is 6. The average Bonchev–Trinajstić information content (AvgIpc) is 3.12. The molecule has 0 unspecified atom stereocenters. The highest BCUT2D eigenvalue weighted by Gasteiger charge is 2.17. The number of nitrogens with one attached hydrogen (secondary N) is 4. The Kier molecular flexibility index (Phi) is 10.5. The highest BCUT2D eigenvalue weighted by molar-refractivity contribution is 7.86. The number of rotatable bonds is 13. The Labute approximate surface area is 296 Å². The maximum atomic E-state index is 12.5. The molecule has 0 amide bonds. The molecule has 14 heteroatoms. The zero-order valence-corrected chi connectivity index (χ0v) is 29.0. The molecule has 51 heavy (non-hydrogen) atoms. The van der Waals surface area contributed by atoms with Gasteiger partial charge in [-0.3, -0.25) is 4.55 Å². The van der Waals surface area contributed by atoms with E-state index in [2.05, 4.69) is 51.2 Å². The second-order valence-electron chi connectivity index (χ2n) is 11.5. The smallest absolute Gasteiger partial charge is 0.295 e. The first kappa shape index (κ1) is 34.6. The molecule has 258 valence electrons. The zero-order chi connectivity index (χ0) is 35.8. The topological polar surface area (TPSA) is 180 Å². The molecule has 13 nitrogen and oxygen atoms in total. The monoisotopic (exact) mass is 700 g/mol. The van der Waals surface area contributed by atoms with E-state index >= 15 is 0 Å². The standard InChI is InChI=1S/C37H36N10O3S/c1-24-20-30(41-37-46-35(39-3)45-36(47-37)40-29-12-8-5-9-13-29)19-18-27(24)16-17-28-15-14-26(21-31(28)51(48,49)50)23-33-42-32(43-34(38-2)44-33)22-25-10-6-4-7-11-25/h4-21H,22-23H2,1-3H3,(H,48,49,50)(H,38,42,43,44)(H3,39,40,41,45,46,47)/b17-16+. The maximum absolute atomic E-state index is 12.5. The summed E-state index contributed by atoms with van der Waals surface area (Å²) in [4.78, 5) is 26.7. The second-order valence-corrected chi connectivity index (χ2v) is 12.9. The minimum absolute atomic E-state index is 0.213. The molecule has 6 aromatic rings. The van der Waals surface area contributed by atoms with Crippen LogP contribution in [0.2, 0.25) is 0 Å². The Morgan fingerprint density at radius 1 is 0.588 bits per heavy atom. The minimum Gasteiger partial charge on any atom is -0.357 e. The quantitative estimate of drug-likeness (QED) is 0.0649. The van der Waals surface area contributed by atoms with Crippen LogP contribution in [0, 0.1) is 6.92 Å². The molecule has 0 radical (unpaired) electrons. The summed E-state index contributed by atoms with van der Waals surface area (Å²) in [7, 11) is -1.09. The Morgan fingerprint density at radius 2 is 1.14 bits per heavy atom. The van der Waals surface area contributed by atoms with Crippen LogP contribution in [0.5, 0.6) is 0 Å². The number of aromatic nitrogens is 6. The van der Waals surface area contributed by atoms with E-state index in [9.17, 15) is 13.0 Å². The molecule has 0 bridgehead atoms. The van der Waals surface area contributed by atoms with E-state index < -0.39 is 10.1 Å². The van der Waals surface area contributed by atoms with Crippen LogP contribution in [0.4, 0.5) is 35.2 Å². The van der Waals surface area contributed by atoms with Gasteiger partial charge in [0.1, 0.15) is 16.5 Å². The van der Waals surface area contributed by atoms with Gasteiger partial charge in [0.2, 0.25) is 23.8 Å². The lowest BCUT2D eigenvalue weighted by molar-refractivity contribution is 0.483. The van der Waals surface area contributed by atoms with Gasteiger partial charge in [-0.25, -0.2) is 4.98 Å². The van der Waals surface area contributed by atoms with Crippen molar-refractivity contribution in [2.75, 3.05) is 35.4 Å². The summed E-state index contributed by atoms with van der Waals surface area (Å²) in [5, 5.41) is 12.3. The van der Waals surface area contributed by atoms with Crippen molar-refractivity contribution in [3.63, 3.8) is 0 Å². The number of hydrogen-bond donors (Lipinski definition) is 5. The van der Waals surface area contributed by atoms with Gasteiger partial charge in [0.15, 0.2) is 0 Å². The zero-order valence-electron chi connectivity index (χ0n) is 28.2. The molecule has 0 aliphatic carbocycles. The van der Waals surface area contributed by atoms with E-state index in [4.69, 9.17) is 0 Å². The molecule has 6 rings (SSSR count). The van der Waals surface area contributed by atoms with Crippen molar-refractivity contribution >= 4 is 57.4 Å². The van der Waals surface area contributed by atoms with Crippen LogP contribution >= 0.6 is 0 Å². The number of hydrogen-bond acceptors (Lipinski definition) is 12. The van der Waals surface area contributed by atoms with Gasteiger partial charge in [0.25, 0.3) is 10.1 Å². The van der Waals surface area contributed by atoms with Gasteiger partial charge in [-0.15, -0.1) is 0 Å². The van der Waals surface area contributed by atoms with Crippen LogP contribution in [-0.2, 0) is 23.0 Å². The van der Waals surface area contributed by atoms with Gasteiger partial charge in [-0.05, 0) is 65.1 Å². The fourth-order valence-corrected chi connectivity index (χ4v) is 5.98. The van der Waals surface area contributed by atoms with E-state index in [0.29, 0.717) is 53.0 Å². The summed E-state index contributed by atoms with van der Waals surface area (Å²) in [5.74, 6) is 2.59. The molecule has 0 saturated carbocycles. The van der Waals surface area contributed by atoms with Crippen molar-refractivity contribution in [3.05, 3.63) is 137 Å². The third-order valence-corrected chi connectivity index (χ3v) is 8.64. The predicted molar refractivity (Wildman–Crippen MR) is 200 cm³/mol. The van der Waals surface area contributed by atoms with Crippen molar-refractivity contribution in [2.24, 2.45) is 0 Å². The predicted octanol–water partition coefficient (Wildman–Crippen LogP) is 6.53. The van der Waals surface area contributed by atoms with Gasteiger partial charge >= 0.3 is 0 Å². The van der Waals surface area contributed by atoms with Crippen molar-refractivity contribution < 1.29 is 13.0 Å². The number of benzene rings is 4. The average molecular weight is 701 g/mol. The summed E-state index contributed by atoms with van der Waals surface area (Å²) in [5.41, 5.74) is 5.36. The van der Waals surface area contributed by atoms with Crippen LogP contribution in [0.1, 0.15) is 39.5 Å². The number of aryl methyl sites for hydroxylation is 1. The first-order chi connectivity index (χ1) is 24.6. The Morgan fingerprint density at radius 3 is 1.76 bits per heavy atom. The fraction of sp³-hybridized carbons (Fsp3) is 0.135. The Hall–Kier alpha value is -6.25. The van der Waals surface area contributed by atoms with E-state index in [-0.39, 0.29) is 11.3 Å². The van der Waals surface area contributed by atoms with Crippen molar-refractivity contribution in [2.45, 2.75) is 24.7 Å². The largest absolute Gasteiger partial charge is 0.357 e. The van der Waals surface area contributed by atoms with Crippen LogP contribution in [-0.4, -0.2) is 57.0 Å². The number of anilines is 6. The van der Waals surface area contributed by atoms with Crippen molar-refractivity contribution in [1.82, 2.24) is 29.9 Å². The first-order valence-electron chi connectivity index (χ1n) is 16.0. The lowest BCUT2D eigenvalue weighted by Crippen LogP contribution is -2.09. The Balaban J connectivity index is 1.20. The highest BCUT2D eigenvalue weighted by atomic mass is 32.2. The van der Waals surface area contributed by atoms with Gasteiger partial charge < -0.3 is 21.3 Å². The summed E-state index contributed by atoms with van der Waals surface area (Å²) in [6.45, 7) is 1.94. The summed E-state index contributed by atoms with van der Waals surface area (Å²) >= 11 is 0. The molecule has 2 heterocycles. The summed E-state index contributed by atoms with van der Waals surface area (Å²) in [6.07, 6.45) is 4.21. The van der Waals surface area contributed by atoms with Gasteiger partial charge in [0.05, 0.1) is 0 Å². The molecule has 5 N–H and O–H groups in total. The minimum atomic E-state index is -4.55. The SMILES string of the molecule is CNc1nc(Cc2ccccc2)nc(Cc2ccc(/C=C/c3ccc(Nc4nc(NC)nc(Nc5ccccc5)n4)cc3C)c(S(=O)(=O)O)c2)n1.